The van der Waals surface area contributed by atoms with Gasteiger partial charge in [-0.05, 0) is 107 Å². The predicted molar refractivity (Wildman–Crippen MR) is 258 cm³/mol. The van der Waals surface area contributed by atoms with Crippen LogP contribution in [-0.2, 0) is 57.2 Å². The molecule has 3 heterocycles. The molecule has 0 aromatic heterocycles. The van der Waals surface area contributed by atoms with Gasteiger partial charge in [0.2, 0.25) is 5.79 Å². The quantitative estimate of drug-likeness (QED) is 0.151. The summed E-state index contributed by atoms with van der Waals surface area (Å²) in [6, 6.07) is -1.17. The van der Waals surface area contributed by atoms with Crippen molar-refractivity contribution in [3.8, 4) is 0 Å². The molecule has 4 rings (SSSR count). The molecular formula is C53H82N2O14. The number of amides is 1. The Kier molecular flexibility index (Phi) is 22.6. The van der Waals surface area contributed by atoms with Gasteiger partial charge in [0.05, 0.1) is 24.9 Å². The van der Waals surface area contributed by atoms with Crippen LogP contribution in [0.3, 0.4) is 0 Å². The van der Waals surface area contributed by atoms with Crippen LogP contribution in [0.1, 0.15) is 126 Å². The molecule has 4 N–H and O–H groups in total. The monoisotopic (exact) mass is 971 g/mol. The number of ketones is 3. The lowest BCUT2D eigenvalue weighted by molar-refractivity contribution is -0.265. The largest absolute Gasteiger partial charge is 0.460 e. The second-order valence-corrected chi connectivity index (χ2v) is 20.3. The van der Waals surface area contributed by atoms with Gasteiger partial charge in [-0.15, -0.1) is 0 Å². The number of piperidine rings is 1. The summed E-state index contributed by atoms with van der Waals surface area (Å²) in [5.74, 6) is -8.79. The van der Waals surface area contributed by atoms with E-state index in [1.165, 1.54) is 12.0 Å². The number of carbonyl (C=O) groups excluding carboxylic acids is 6. The fraction of sp³-hybridized carbons (Fsp3) is 0.736. The maximum Gasteiger partial charge on any atom is 0.329 e. The van der Waals surface area contributed by atoms with E-state index in [1.54, 1.807) is 48.0 Å². The summed E-state index contributed by atoms with van der Waals surface area (Å²) in [6.07, 6.45) is 10.8. The Balaban J connectivity index is 1.70. The van der Waals surface area contributed by atoms with E-state index in [0.29, 0.717) is 69.8 Å². The predicted octanol–water partition coefficient (Wildman–Crippen LogP) is 5.69. The number of methoxy groups -OCH3 is 3. The van der Waals surface area contributed by atoms with Gasteiger partial charge in [-0.25, -0.2) is 4.79 Å². The fourth-order valence-corrected chi connectivity index (χ4v) is 10.5. The summed E-state index contributed by atoms with van der Waals surface area (Å²) in [5, 5.41) is 23.4. The van der Waals surface area contributed by atoms with Crippen LogP contribution in [0, 0.1) is 35.5 Å². The molecule has 3 aliphatic heterocycles. The highest BCUT2D eigenvalue weighted by Gasteiger charge is 2.53. The first-order valence-electron chi connectivity index (χ1n) is 25.1. The zero-order chi connectivity index (χ0) is 51.2. The molecule has 0 aromatic rings. The summed E-state index contributed by atoms with van der Waals surface area (Å²) in [7, 11) is 4.49. The highest BCUT2D eigenvalue weighted by atomic mass is 16.6. The van der Waals surface area contributed by atoms with E-state index in [2.05, 4.69) is 0 Å². The van der Waals surface area contributed by atoms with Gasteiger partial charge in [-0.1, -0.05) is 71.1 Å². The molecular weight excluding hydrogens is 889 g/mol. The number of rotatable bonds is 8. The zero-order valence-corrected chi connectivity index (χ0v) is 42.8. The Bertz CT molecular complexity index is 1900. The third-order valence-corrected chi connectivity index (χ3v) is 14.9. The number of aliphatic hydroxyl groups is 2. The van der Waals surface area contributed by atoms with Crippen LogP contribution in [0.4, 0.5) is 0 Å². The molecule has 0 unspecified atom stereocenters. The van der Waals surface area contributed by atoms with Gasteiger partial charge in [0, 0.05) is 58.5 Å². The molecule has 388 valence electrons. The molecule has 0 aromatic carbocycles. The first-order chi connectivity index (χ1) is 32.7. The molecule has 3 fully saturated rings. The molecule has 1 amide bonds. The molecule has 2 saturated heterocycles. The molecule has 15 atom stereocenters. The average Bonchev–Trinajstić information content (AvgIpc) is 3.33. The first kappa shape index (κ1) is 57.7. The smallest absolute Gasteiger partial charge is 0.329 e. The van der Waals surface area contributed by atoms with Gasteiger partial charge in [0.1, 0.15) is 36.2 Å². The number of hydrogen-bond acceptors (Lipinski definition) is 15. The lowest BCUT2D eigenvalue weighted by atomic mass is 9.78. The molecule has 69 heavy (non-hydrogen) atoms. The maximum atomic E-state index is 14.5. The van der Waals surface area contributed by atoms with E-state index in [4.69, 9.17) is 34.2 Å². The first-order valence-corrected chi connectivity index (χ1v) is 25.1. The minimum absolute atomic E-state index is 0.00667. The normalized spacial score (nSPS) is 37.4. The molecule has 1 aliphatic carbocycles. The van der Waals surface area contributed by atoms with Crippen LogP contribution in [0.25, 0.3) is 0 Å². The molecule has 2 bridgehead atoms. The van der Waals surface area contributed by atoms with Crippen molar-refractivity contribution in [2.75, 3.05) is 34.4 Å². The molecule has 0 spiro atoms. The van der Waals surface area contributed by atoms with E-state index in [-0.39, 0.29) is 55.3 Å². The third-order valence-electron chi connectivity index (χ3n) is 14.9. The number of ether oxygens (including phenoxy) is 6. The number of cyclic esters (lactones) is 1. The number of hydrogen-bond donors (Lipinski definition) is 3. The number of carbonyl (C=O) groups is 6. The number of Topliss-reactive ketones (excluding diaryl/α,β-unsaturated/α-hetero) is 3. The summed E-state index contributed by atoms with van der Waals surface area (Å²) in [5.41, 5.74) is 6.74. The van der Waals surface area contributed by atoms with Gasteiger partial charge in [0.25, 0.3) is 11.7 Å². The zero-order valence-electron chi connectivity index (χ0n) is 42.8. The van der Waals surface area contributed by atoms with Crippen molar-refractivity contribution < 1.29 is 67.4 Å². The summed E-state index contributed by atoms with van der Waals surface area (Å²) < 4.78 is 35.2. The van der Waals surface area contributed by atoms with E-state index < -0.39 is 95.9 Å². The Hall–Kier alpha value is -3.90. The lowest BCUT2D eigenvalue weighted by Gasteiger charge is -2.42. The minimum Gasteiger partial charge on any atom is -0.460 e. The molecule has 16 heteroatoms. The van der Waals surface area contributed by atoms with E-state index >= 15 is 0 Å². The number of nitrogens with two attached hydrogens (primary N) is 1. The van der Waals surface area contributed by atoms with Crippen molar-refractivity contribution in [2.45, 2.75) is 180 Å². The number of aliphatic hydroxyl groups excluding tert-OH is 1. The Labute approximate surface area is 409 Å². The van der Waals surface area contributed by atoms with Crippen LogP contribution in [0.2, 0.25) is 0 Å². The van der Waals surface area contributed by atoms with Gasteiger partial charge in [-0.3, -0.25) is 24.0 Å². The summed E-state index contributed by atoms with van der Waals surface area (Å²) in [4.78, 5) is 84.2. The van der Waals surface area contributed by atoms with E-state index in [0.717, 1.165) is 5.57 Å². The van der Waals surface area contributed by atoms with Gasteiger partial charge in [-0.2, -0.15) is 0 Å². The van der Waals surface area contributed by atoms with E-state index in [1.807, 2.05) is 51.2 Å². The number of allylic oxidation sites excluding steroid dienone is 6. The van der Waals surface area contributed by atoms with Crippen LogP contribution in [0.5, 0.6) is 0 Å². The second-order valence-electron chi connectivity index (χ2n) is 20.3. The topological polar surface area (TPSA) is 228 Å². The average molecular weight is 971 g/mol. The van der Waals surface area contributed by atoms with Gasteiger partial charge < -0.3 is 49.3 Å². The molecule has 1 saturated carbocycles. The Morgan fingerprint density at radius 1 is 0.884 bits per heavy atom. The molecule has 0 radical (unpaired) electrons. The third kappa shape index (κ3) is 15.5. The Morgan fingerprint density at radius 3 is 2.28 bits per heavy atom. The molecule has 4 aliphatic rings. The van der Waals surface area contributed by atoms with Crippen LogP contribution < -0.4 is 5.73 Å². The summed E-state index contributed by atoms with van der Waals surface area (Å²) >= 11 is 0. The standard InChI is InChI=1S/C53H82N2O14/c1-31-16-12-11-13-17-32(2)43(64-8)28-39-21-19-37(7)53(63,69-39)50(60)51(61)55-23-15-14-18-40(55)52(62)68-44(34(4)26-38-20-22-42(45(27-38)65-9)67-46(57)30-54)29-41(56)33(3)25-36(6)48(59)49(66-10)47(58)35(5)24-31/h11-13,16-17,25,31,33-35,37-40,42-45,48-49,59,63H,14-15,18-24,26-30,54H2,1-10H3/b13-11?,16-12-,32-17?,36-25-/t31-,33-,34-,35-,37-,38+,39+,40+,42-,43+,44+,45-,48-,49+,53-/m1/s1. The van der Waals surface area contributed by atoms with Crippen LogP contribution >= 0.6 is 0 Å². The van der Waals surface area contributed by atoms with Crippen molar-refractivity contribution in [1.29, 1.82) is 0 Å². The second kappa shape index (κ2) is 27.1. The van der Waals surface area contributed by atoms with Crippen LogP contribution in [0.15, 0.2) is 47.6 Å². The van der Waals surface area contributed by atoms with Gasteiger partial charge in [0.15, 0.2) is 5.78 Å². The molecule has 16 nitrogen and oxygen atoms in total. The van der Waals surface area contributed by atoms with Crippen molar-refractivity contribution in [1.82, 2.24) is 4.90 Å². The van der Waals surface area contributed by atoms with Crippen molar-refractivity contribution in [3.05, 3.63) is 47.6 Å². The van der Waals surface area contributed by atoms with Crippen molar-refractivity contribution in [2.24, 2.45) is 41.2 Å². The maximum absolute atomic E-state index is 14.5. The van der Waals surface area contributed by atoms with Crippen molar-refractivity contribution >= 4 is 35.2 Å². The van der Waals surface area contributed by atoms with Crippen molar-refractivity contribution in [3.63, 3.8) is 0 Å². The highest BCUT2D eigenvalue weighted by Crippen LogP contribution is 2.38. The van der Waals surface area contributed by atoms with Crippen LogP contribution in [-0.4, -0.2) is 139 Å². The van der Waals surface area contributed by atoms with Gasteiger partial charge >= 0.3 is 11.9 Å². The fourth-order valence-electron chi connectivity index (χ4n) is 10.5. The number of esters is 2. The highest BCUT2D eigenvalue weighted by molar-refractivity contribution is 6.39. The number of fused-ring (bicyclic) bond motifs is 3. The lowest BCUT2D eigenvalue weighted by Crippen LogP contribution is -2.61. The Morgan fingerprint density at radius 2 is 1.61 bits per heavy atom. The minimum atomic E-state index is -2.45. The summed E-state index contributed by atoms with van der Waals surface area (Å²) in [6.45, 7) is 12.4. The number of nitrogens with zero attached hydrogens (tertiary/aromatic N) is 1. The SMILES string of the molecule is CO[C@H]1C[C@@H]2CC[C@@H](C)[C@@](O)(O2)C(=O)C(=O)N2CCCC[C@H]2C(=O)O[C@H]([C@H](C)C[C@@H]2CC[C@@H](OC(=O)CN)[C@H](OC)C2)CC(=O)[C@H](C)/C=C(/C)[C@@H](O)[C@@H](OC)C(=O)[C@H](C)C[C@H](C)/C=C\C=CC=C1C. The van der Waals surface area contributed by atoms with E-state index in [9.17, 15) is 39.0 Å².